The number of aromatic nitrogens is 2. The van der Waals surface area contributed by atoms with Crippen LogP contribution in [0.1, 0.15) is 31.4 Å². The molecule has 1 aliphatic heterocycles. The molecule has 1 fully saturated rings. The van der Waals surface area contributed by atoms with Crippen molar-refractivity contribution in [3.63, 3.8) is 0 Å². The Hall–Kier alpha value is -0.350. The third-order valence-corrected chi connectivity index (χ3v) is 4.06. The van der Waals surface area contributed by atoms with Crippen LogP contribution in [-0.2, 0) is 13.6 Å². The van der Waals surface area contributed by atoms with Gasteiger partial charge in [-0.25, -0.2) is 0 Å². The second-order valence-electron chi connectivity index (χ2n) is 4.61. The number of halogens is 1. The minimum absolute atomic E-state index is 0.685. The molecule has 1 unspecified atom stereocenters. The smallest absolute Gasteiger partial charge is 0.0764 e. The maximum Gasteiger partial charge on any atom is 0.0764 e. The second kappa shape index (κ2) is 5.82. The van der Waals surface area contributed by atoms with Crippen LogP contribution in [0.5, 0.6) is 0 Å². The number of aryl methyl sites for hydroxylation is 1. The summed E-state index contributed by atoms with van der Waals surface area (Å²) >= 11 is 3.64. The molecule has 0 radical (unpaired) electrons. The molecular formula is C12H20BrN3. The summed E-state index contributed by atoms with van der Waals surface area (Å²) in [4.78, 5) is 2.57. The number of likely N-dealkylation sites (tertiary alicyclic amines) is 1. The van der Waals surface area contributed by atoms with Crippen LogP contribution in [-0.4, -0.2) is 32.6 Å². The van der Waals surface area contributed by atoms with E-state index in [1.807, 2.05) is 17.9 Å². The van der Waals surface area contributed by atoms with Crippen molar-refractivity contribution < 1.29 is 0 Å². The Balaban J connectivity index is 1.99. The minimum atomic E-state index is 0.685. The summed E-state index contributed by atoms with van der Waals surface area (Å²) in [5.41, 5.74) is 1.19. The number of hydrogen-bond acceptors (Lipinski definition) is 2. The average Bonchev–Trinajstić information content (AvgIpc) is 2.56. The molecule has 0 aliphatic carbocycles. The first-order chi connectivity index (χ1) is 7.79. The summed E-state index contributed by atoms with van der Waals surface area (Å²) in [6.45, 7) is 2.21. The SMILES string of the molecule is Cn1ccc(CN2CCCCCC2CBr)n1. The molecule has 16 heavy (non-hydrogen) atoms. The number of alkyl halides is 1. The zero-order valence-electron chi connectivity index (χ0n) is 9.90. The molecule has 90 valence electrons. The van der Waals surface area contributed by atoms with Crippen molar-refractivity contribution in [2.75, 3.05) is 11.9 Å². The average molecular weight is 286 g/mol. The van der Waals surface area contributed by atoms with Gasteiger partial charge in [0, 0.05) is 31.2 Å². The fourth-order valence-corrected chi connectivity index (χ4v) is 3.11. The van der Waals surface area contributed by atoms with Crippen LogP contribution in [0.25, 0.3) is 0 Å². The van der Waals surface area contributed by atoms with E-state index in [1.54, 1.807) is 0 Å². The van der Waals surface area contributed by atoms with Gasteiger partial charge in [-0.2, -0.15) is 5.10 Å². The Kier molecular flexibility index (Phi) is 4.41. The molecule has 0 amide bonds. The Morgan fingerprint density at radius 1 is 1.44 bits per heavy atom. The molecule has 0 saturated carbocycles. The van der Waals surface area contributed by atoms with Crippen LogP contribution in [0.4, 0.5) is 0 Å². The van der Waals surface area contributed by atoms with Gasteiger partial charge in [-0.15, -0.1) is 0 Å². The Morgan fingerprint density at radius 3 is 3.00 bits per heavy atom. The first-order valence-electron chi connectivity index (χ1n) is 6.08. The van der Waals surface area contributed by atoms with E-state index in [0.29, 0.717) is 6.04 Å². The van der Waals surface area contributed by atoms with Crippen LogP contribution in [0.2, 0.25) is 0 Å². The van der Waals surface area contributed by atoms with Gasteiger partial charge < -0.3 is 0 Å². The number of nitrogens with zero attached hydrogens (tertiary/aromatic N) is 3. The first-order valence-corrected chi connectivity index (χ1v) is 7.20. The van der Waals surface area contributed by atoms with Crippen LogP contribution in [0, 0.1) is 0 Å². The molecule has 1 aromatic rings. The van der Waals surface area contributed by atoms with Crippen molar-refractivity contribution >= 4 is 15.9 Å². The molecule has 2 rings (SSSR count). The Morgan fingerprint density at radius 2 is 2.31 bits per heavy atom. The summed E-state index contributed by atoms with van der Waals surface area (Å²) in [7, 11) is 1.98. The van der Waals surface area contributed by atoms with E-state index in [1.165, 1.54) is 37.9 Å². The van der Waals surface area contributed by atoms with Gasteiger partial charge in [0.1, 0.15) is 0 Å². The maximum atomic E-state index is 4.46. The van der Waals surface area contributed by atoms with Gasteiger partial charge in [0.2, 0.25) is 0 Å². The highest BCUT2D eigenvalue weighted by Crippen LogP contribution is 2.20. The standard InChI is InChI=1S/C12H20BrN3/c1-15-8-6-11(14-15)10-16-7-4-2-3-5-12(16)9-13/h6,8,12H,2-5,7,9-10H2,1H3. The Bertz CT molecular complexity index is 324. The second-order valence-corrected chi connectivity index (χ2v) is 5.26. The predicted octanol–water partition coefficient (Wildman–Crippen LogP) is 2.56. The topological polar surface area (TPSA) is 21.1 Å². The molecule has 0 aromatic carbocycles. The quantitative estimate of drug-likeness (QED) is 0.796. The highest BCUT2D eigenvalue weighted by Gasteiger charge is 2.20. The zero-order valence-corrected chi connectivity index (χ0v) is 11.5. The lowest BCUT2D eigenvalue weighted by molar-refractivity contribution is 0.206. The molecule has 0 bridgehead atoms. The van der Waals surface area contributed by atoms with Crippen molar-refractivity contribution in [1.29, 1.82) is 0 Å². The maximum absolute atomic E-state index is 4.46. The third kappa shape index (κ3) is 3.08. The lowest BCUT2D eigenvalue weighted by atomic mass is 10.1. The summed E-state index contributed by atoms with van der Waals surface area (Å²) in [6.07, 6.45) is 7.42. The normalized spacial score (nSPS) is 23.2. The van der Waals surface area contributed by atoms with Crippen LogP contribution in [0.15, 0.2) is 12.3 Å². The van der Waals surface area contributed by atoms with E-state index in [9.17, 15) is 0 Å². The fraction of sp³-hybridized carbons (Fsp3) is 0.750. The molecule has 0 N–H and O–H groups in total. The summed E-state index contributed by atoms with van der Waals surface area (Å²) < 4.78 is 1.89. The lowest BCUT2D eigenvalue weighted by Gasteiger charge is -2.27. The van der Waals surface area contributed by atoms with Gasteiger partial charge in [-0.1, -0.05) is 28.8 Å². The molecule has 1 saturated heterocycles. The van der Waals surface area contributed by atoms with Crippen molar-refractivity contribution in [3.8, 4) is 0 Å². The molecule has 2 heterocycles. The van der Waals surface area contributed by atoms with E-state index in [2.05, 4.69) is 32.0 Å². The lowest BCUT2D eigenvalue weighted by Crippen LogP contribution is -2.35. The van der Waals surface area contributed by atoms with Crippen LogP contribution >= 0.6 is 15.9 Å². The largest absolute Gasteiger partial charge is 0.294 e. The molecule has 1 aliphatic rings. The van der Waals surface area contributed by atoms with Gasteiger partial charge in [0.15, 0.2) is 0 Å². The van der Waals surface area contributed by atoms with E-state index in [4.69, 9.17) is 0 Å². The highest BCUT2D eigenvalue weighted by atomic mass is 79.9. The van der Waals surface area contributed by atoms with Crippen molar-refractivity contribution in [2.45, 2.75) is 38.3 Å². The third-order valence-electron chi connectivity index (χ3n) is 3.31. The number of hydrogen-bond donors (Lipinski definition) is 0. The van der Waals surface area contributed by atoms with Crippen LogP contribution in [0.3, 0.4) is 0 Å². The van der Waals surface area contributed by atoms with Gasteiger partial charge in [0.25, 0.3) is 0 Å². The Labute approximate surface area is 106 Å². The van der Waals surface area contributed by atoms with E-state index in [0.717, 1.165) is 11.9 Å². The zero-order chi connectivity index (χ0) is 11.4. The fourth-order valence-electron chi connectivity index (χ4n) is 2.38. The molecular weight excluding hydrogens is 266 g/mol. The first kappa shape index (κ1) is 12.1. The van der Waals surface area contributed by atoms with E-state index in [-0.39, 0.29) is 0 Å². The van der Waals surface area contributed by atoms with Gasteiger partial charge >= 0.3 is 0 Å². The molecule has 4 heteroatoms. The summed E-state index contributed by atoms with van der Waals surface area (Å²) in [6, 6.07) is 2.81. The summed E-state index contributed by atoms with van der Waals surface area (Å²) in [5, 5.41) is 5.55. The minimum Gasteiger partial charge on any atom is -0.294 e. The monoisotopic (exact) mass is 285 g/mol. The van der Waals surface area contributed by atoms with E-state index >= 15 is 0 Å². The van der Waals surface area contributed by atoms with E-state index < -0.39 is 0 Å². The molecule has 0 spiro atoms. The molecule has 1 atom stereocenters. The van der Waals surface area contributed by atoms with Gasteiger partial charge in [0.05, 0.1) is 5.69 Å². The molecule has 1 aromatic heterocycles. The van der Waals surface area contributed by atoms with Crippen molar-refractivity contribution in [3.05, 3.63) is 18.0 Å². The number of rotatable bonds is 3. The predicted molar refractivity (Wildman–Crippen MR) is 69.7 cm³/mol. The summed E-state index contributed by atoms with van der Waals surface area (Å²) in [5.74, 6) is 0. The van der Waals surface area contributed by atoms with Gasteiger partial charge in [-0.05, 0) is 25.5 Å². The van der Waals surface area contributed by atoms with Crippen LogP contribution < -0.4 is 0 Å². The van der Waals surface area contributed by atoms with Crippen molar-refractivity contribution in [2.24, 2.45) is 7.05 Å². The van der Waals surface area contributed by atoms with Crippen molar-refractivity contribution in [1.82, 2.24) is 14.7 Å². The highest BCUT2D eigenvalue weighted by molar-refractivity contribution is 9.09. The molecule has 3 nitrogen and oxygen atoms in total. The van der Waals surface area contributed by atoms with Gasteiger partial charge in [-0.3, -0.25) is 9.58 Å².